The van der Waals surface area contributed by atoms with Gasteiger partial charge in [-0.25, -0.2) is 4.79 Å². The molecule has 3 aromatic heterocycles. The van der Waals surface area contributed by atoms with Crippen LogP contribution in [0.4, 0.5) is 0 Å². The molecule has 0 N–H and O–H groups in total. The van der Waals surface area contributed by atoms with Crippen molar-refractivity contribution in [3.63, 3.8) is 0 Å². The van der Waals surface area contributed by atoms with E-state index in [1.54, 1.807) is 11.3 Å². The van der Waals surface area contributed by atoms with E-state index in [1.165, 1.54) is 0 Å². The number of hydrogen-bond acceptors (Lipinski definition) is 6. The molecule has 4 aromatic rings. The molecule has 0 bridgehead atoms. The zero-order valence-corrected chi connectivity index (χ0v) is 15.3. The largest absolute Gasteiger partial charge is 0.455 e. The summed E-state index contributed by atoms with van der Waals surface area (Å²) in [5.74, 6) is 0.360. The molecule has 6 heteroatoms. The third-order valence-corrected chi connectivity index (χ3v) is 5.68. The first-order valence-electron chi connectivity index (χ1n) is 8.86. The second-order valence-corrected chi connectivity index (χ2v) is 7.47. The van der Waals surface area contributed by atoms with Gasteiger partial charge in [-0.2, -0.15) is 0 Å². The number of esters is 1. The Hall–Kier alpha value is -2.99. The zero-order valence-electron chi connectivity index (χ0n) is 14.5. The van der Waals surface area contributed by atoms with Crippen molar-refractivity contribution < 1.29 is 14.1 Å². The number of fused-ring (bicyclic) bond motifs is 2. The van der Waals surface area contributed by atoms with Crippen LogP contribution in [0.1, 0.15) is 33.7 Å². The van der Waals surface area contributed by atoms with Crippen LogP contribution in [0.2, 0.25) is 0 Å². The van der Waals surface area contributed by atoms with Crippen LogP contribution in [0.15, 0.2) is 52.4 Å². The Labute approximate surface area is 159 Å². The summed E-state index contributed by atoms with van der Waals surface area (Å²) in [6.45, 7) is 0.0825. The highest BCUT2D eigenvalue weighted by Gasteiger charge is 2.25. The average molecular weight is 376 g/mol. The predicted molar refractivity (Wildman–Crippen MR) is 103 cm³/mol. The number of pyridine rings is 1. The van der Waals surface area contributed by atoms with Crippen LogP contribution >= 0.6 is 11.3 Å². The number of nitrogens with zero attached hydrogens (tertiary/aromatic N) is 2. The van der Waals surface area contributed by atoms with Gasteiger partial charge in [0.05, 0.1) is 16.0 Å². The van der Waals surface area contributed by atoms with Gasteiger partial charge in [0.1, 0.15) is 12.3 Å². The Kier molecular flexibility index (Phi) is 3.98. The summed E-state index contributed by atoms with van der Waals surface area (Å²) >= 11 is 1.58. The van der Waals surface area contributed by atoms with Crippen molar-refractivity contribution in [3.05, 3.63) is 70.4 Å². The molecule has 27 heavy (non-hydrogen) atoms. The van der Waals surface area contributed by atoms with Gasteiger partial charge in [-0.05, 0) is 42.3 Å². The summed E-state index contributed by atoms with van der Waals surface area (Å²) in [6, 6.07) is 13.5. The summed E-state index contributed by atoms with van der Waals surface area (Å²) in [5.41, 5.74) is 4.13. The Morgan fingerprint density at radius 2 is 2.11 bits per heavy atom. The van der Waals surface area contributed by atoms with Gasteiger partial charge in [-0.15, -0.1) is 11.3 Å². The first-order valence-corrected chi connectivity index (χ1v) is 9.74. The van der Waals surface area contributed by atoms with E-state index in [4.69, 9.17) is 14.2 Å². The van der Waals surface area contributed by atoms with E-state index < -0.39 is 0 Å². The molecule has 5 rings (SSSR count). The van der Waals surface area contributed by atoms with Gasteiger partial charge in [0, 0.05) is 17.1 Å². The number of hydrogen-bond donors (Lipinski definition) is 0. The maximum atomic E-state index is 12.9. The quantitative estimate of drug-likeness (QED) is 0.479. The Morgan fingerprint density at radius 3 is 3.00 bits per heavy atom. The molecule has 0 fully saturated rings. The number of aromatic nitrogens is 2. The monoisotopic (exact) mass is 376 g/mol. The van der Waals surface area contributed by atoms with Gasteiger partial charge in [0.15, 0.2) is 5.76 Å². The van der Waals surface area contributed by atoms with Crippen LogP contribution in [0.5, 0.6) is 0 Å². The molecule has 0 saturated carbocycles. The number of rotatable bonds is 4. The van der Waals surface area contributed by atoms with E-state index in [1.807, 2.05) is 47.8 Å². The van der Waals surface area contributed by atoms with Crippen molar-refractivity contribution in [1.82, 2.24) is 10.1 Å². The van der Waals surface area contributed by atoms with Crippen molar-refractivity contribution in [1.29, 1.82) is 0 Å². The molecule has 1 aliphatic rings. The number of aryl methyl sites for hydroxylation is 1. The number of benzene rings is 1. The molecule has 0 aliphatic heterocycles. The molecule has 1 aliphatic carbocycles. The fourth-order valence-corrected chi connectivity index (χ4v) is 4.24. The van der Waals surface area contributed by atoms with E-state index in [2.05, 4.69) is 5.16 Å². The minimum atomic E-state index is -0.326. The smallest absolute Gasteiger partial charge is 0.339 e. The molecule has 5 nitrogen and oxygen atoms in total. The molecular formula is C21H16N2O3S. The fourth-order valence-electron chi connectivity index (χ4n) is 3.57. The molecule has 0 amide bonds. The number of thiophene rings is 1. The van der Waals surface area contributed by atoms with Gasteiger partial charge < -0.3 is 9.26 Å². The Bertz CT molecular complexity index is 1130. The normalized spacial score (nSPS) is 13.0. The zero-order chi connectivity index (χ0) is 18.2. The fraction of sp³-hybridized carbons (Fsp3) is 0.190. The van der Waals surface area contributed by atoms with Gasteiger partial charge in [-0.1, -0.05) is 29.4 Å². The van der Waals surface area contributed by atoms with Crippen molar-refractivity contribution in [2.75, 3.05) is 0 Å². The highest BCUT2D eigenvalue weighted by atomic mass is 32.1. The third-order valence-electron chi connectivity index (χ3n) is 4.80. The molecule has 0 radical (unpaired) electrons. The number of carbonyl (C=O) groups excluding carboxylic acids is 1. The highest BCUT2D eigenvalue weighted by Crippen LogP contribution is 2.31. The lowest BCUT2D eigenvalue weighted by molar-refractivity contribution is 0.0465. The lowest BCUT2D eigenvalue weighted by atomic mass is 10.0. The van der Waals surface area contributed by atoms with Crippen LogP contribution < -0.4 is 0 Å². The second kappa shape index (κ2) is 6.63. The Balaban J connectivity index is 1.42. The van der Waals surface area contributed by atoms with Crippen molar-refractivity contribution in [2.45, 2.75) is 25.9 Å². The topological polar surface area (TPSA) is 65.2 Å². The maximum Gasteiger partial charge on any atom is 0.339 e. The number of carbonyl (C=O) groups is 1. The van der Waals surface area contributed by atoms with Crippen molar-refractivity contribution in [2.24, 2.45) is 0 Å². The lowest BCUT2D eigenvalue weighted by Crippen LogP contribution is -2.10. The van der Waals surface area contributed by atoms with Crippen LogP contribution in [0.3, 0.4) is 0 Å². The maximum absolute atomic E-state index is 12.9. The van der Waals surface area contributed by atoms with Crippen LogP contribution in [-0.2, 0) is 24.2 Å². The average Bonchev–Trinajstić information content (AvgIpc) is 3.45. The van der Waals surface area contributed by atoms with Gasteiger partial charge in [0.2, 0.25) is 0 Å². The number of para-hydroxylation sites is 1. The first-order chi connectivity index (χ1) is 13.3. The van der Waals surface area contributed by atoms with Crippen molar-refractivity contribution >= 4 is 28.2 Å². The molecule has 0 unspecified atom stereocenters. The molecule has 134 valence electrons. The third kappa shape index (κ3) is 2.92. The predicted octanol–water partition coefficient (Wildman–Crippen LogP) is 4.80. The van der Waals surface area contributed by atoms with E-state index in [0.717, 1.165) is 46.3 Å². The first kappa shape index (κ1) is 16.2. The van der Waals surface area contributed by atoms with Crippen LogP contribution in [-0.4, -0.2) is 16.1 Å². The molecule has 0 atom stereocenters. The summed E-state index contributed by atoms with van der Waals surface area (Å²) in [7, 11) is 0. The molecular weight excluding hydrogens is 360 g/mol. The highest BCUT2D eigenvalue weighted by molar-refractivity contribution is 7.13. The van der Waals surface area contributed by atoms with Crippen molar-refractivity contribution in [3.8, 4) is 10.6 Å². The van der Waals surface area contributed by atoms with E-state index in [9.17, 15) is 4.79 Å². The SMILES string of the molecule is O=C(OCc1cc(-c2cccs2)on1)c1c2c(nc3ccccc13)CCC2. The summed E-state index contributed by atoms with van der Waals surface area (Å²) in [6.07, 6.45) is 2.80. The van der Waals surface area contributed by atoms with Gasteiger partial charge in [-0.3, -0.25) is 4.98 Å². The van der Waals surface area contributed by atoms with E-state index in [0.29, 0.717) is 17.0 Å². The number of ether oxygens (including phenoxy) is 1. The standard InChI is InChI=1S/C21H16N2O3S/c24-21(25-12-13-11-18(26-23-13)19-9-4-10-27-19)20-14-5-1-2-7-16(14)22-17-8-3-6-15(17)20/h1-2,4-5,7,9-11H,3,6,8,12H2. The van der Waals surface area contributed by atoms with Gasteiger partial charge in [0.25, 0.3) is 0 Å². The van der Waals surface area contributed by atoms with Crippen LogP contribution in [0, 0.1) is 0 Å². The van der Waals surface area contributed by atoms with E-state index in [-0.39, 0.29) is 12.6 Å². The van der Waals surface area contributed by atoms with Crippen LogP contribution in [0.25, 0.3) is 21.5 Å². The van der Waals surface area contributed by atoms with E-state index >= 15 is 0 Å². The van der Waals surface area contributed by atoms with Gasteiger partial charge >= 0.3 is 5.97 Å². The molecule has 3 heterocycles. The molecule has 0 saturated heterocycles. The summed E-state index contributed by atoms with van der Waals surface area (Å²) in [4.78, 5) is 18.6. The Morgan fingerprint density at radius 1 is 1.19 bits per heavy atom. The minimum Gasteiger partial charge on any atom is -0.455 e. The second-order valence-electron chi connectivity index (χ2n) is 6.52. The summed E-state index contributed by atoms with van der Waals surface area (Å²) < 4.78 is 10.9. The lowest BCUT2D eigenvalue weighted by Gasteiger charge is -2.11. The minimum absolute atomic E-state index is 0.0825. The molecule has 0 spiro atoms. The summed E-state index contributed by atoms with van der Waals surface area (Å²) in [5, 5.41) is 6.84. The molecule has 1 aromatic carbocycles.